The van der Waals surface area contributed by atoms with E-state index in [9.17, 15) is 5.11 Å². The maximum atomic E-state index is 9.54. The van der Waals surface area contributed by atoms with Crippen molar-refractivity contribution in [2.45, 2.75) is 25.2 Å². The molecule has 0 radical (unpaired) electrons. The van der Waals surface area contributed by atoms with Crippen LogP contribution >= 0.6 is 0 Å². The minimum atomic E-state index is 0.376. The van der Waals surface area contributed by atoms with Gasteiger partial charge in [-0.15, -0.1) is 0 Å². The number of hydrogen-bond acceptors (Lipinski definition) is 1. The fourth-order valence-electron chi connectivity index (χ4n) is 2.76. The van der Waals surface area contributed by atoms with Crippen LogP contribution in [0.4, 0.5) is 0 Å². The average molecular weight is 224 g/mol. The van der Waals surface area contributed by atoms with Crippen molar-refractivity contribution in [1.82, 2.24) is 0 Å². The maximum Gasteiger partial charge on any atom is 0.115 e. The first-order valence-electron chi connectivity index (χ1n) is 6.18. The topological polar surface area (TPSA) is 20.2 Å². The third-order valence-corrected chi connectivity index (χ3v) is 3.69. The van der Waals surface area contributed by atoms with Crippen LogP contribution in [0.1, 0.15) is 29.0 Å². The van der Waals surface area contributed by atoms with Gasteiger partial charge in [0.1, 0.15) is 5.75 Å². The zero-order chi connectivity index (χ0) is 11.7. The van der Waals surface area contributed by atoms with Crippen molar-refractivity contribution in [3.05, 3.63) is 65.2 Å². The molecule has 0 aliphatic heterocycles. The second-order valence-electron chi connectivity index (χ2n) is 4.80. The highest BCUT2D eigenvalue weighted by atomic mass is 16.3. The summed E-state index contributed by atoms with van der Waals surface area (Å²) >= 11 is 0. The summed E-state index contributed by atoms with van der Waals surface area (Å²) in [5, 5.41) is 9.54. The molecule has 1 N–H and O–H groups in total. The van der Waals surface area contributed by atoms with E-state index in [4.69, 9.17) is 0 Å². The molecule has 0 saturated heterocycles. The summed E-state index contributed by atoms with van der Waals surface area (Å²) < 4.78 is 0. The van der Waals surface area contributed by atoms with Crippen LogP contribution in [-0.4, -0.2) is 5.11 Å². The molecule has 1 aliphatic carbocycles. The molecule has 1 aliphatic rings. The Hall–Kier alpha value is -1.76. The third-order valence-electron chi connectivity index (χ3n) is 3.69. The number of phenols is 1. The van der Waals surface area contributed by atoms with Gasteiger partial charge in [0, 0.05) is 0 Å². The number of aryl methyl sites for hydroxylation is 1. The average Bonchev–Trinajstić information content (AvgIpc) is 2.38. The van der Waals surface area contributed by atoms with Crippen LogP contribution in [0, 0.1) is 0 Å². The lowest BCUT2D eigenvalue weighted by Gasteiger charge is -2.25. The van der Waals surface area contributed by atoms with Gasteiger partial charge in [0.05, 0.1) is 0 Å². The first kappa shape index (κ1) is 10.4. The molecule has 0 aromatic heterocycles. The van der Waals surface area contributed by atoms with E-state index in [0.29, 0.717) is 11.7 Å². The zero-order valence-corrected chi connectivity index (χ0v) is 9.76. The van der Waals surface area contributed by atoms with Gasteiger partial charge >= 0.3 is 0 Å². The fourth-order valence-corrected chi connectivity index (χ4v) is 2.76. The summed E-state index contributed by atoms with van der Waals surface area (Å²) in [7, 11) is 0. The number of benzene rings is 2. The van der Waals surface area contributed by atoms with E-state index in [-0.39, 0.29) is 0 Å². The molecule has 0 fully saturated rings. The van der Waals surface area contributed by atoms with Crippen molar-refractivity contribution in [2.24, 2.45) is 0 Å². The Kier molecular flexibility index (Phi) is 2.60. The number of aromatic hydroxyl groups is 1. The predicted octanol–water partition coefficient (Wildman–Crippen LogP) is 3.66. The summed E-state index contributed by atoms with van der Waals surface area (Å²) in [5.74, 6) is 0.929. The first-order chi connectivity index (χ1) is 8.33. The van der Waals surface area contributed by atoms with Crippen LogP contribution in [0.3, 0.4) is 0 Å². The Morgan fingerprint density at radius 3 is 2.59 bits per heavy atom. The number of phenolic OH excluding ortho intramolecular Hbond substituents is 1. The molecule has 1 heteroatoms. The molecule has 0 amide bonds. The molecule has 1 atom stereocenters. The minimum Gasteiger partial charge on any atom is -0.508 e. The highest BCUT2D eigenvalue weighted by molar-refractivity contribution is 5.36. The lowest BCUT2D eigenvalue weighted by molar-refractivity contribution is 0.472. The van der Waals surface area contributed by atoms with Crippen LogP contribution < -0.4 is 0 Å². The second kappa shape index (κ2) is 4.25. The fraction of sp³-hybridized carbons (Fsp3) is 0.250. The Morgan fingerprint density at radius 1 is 0.941 bits per heavy atom. The molecule has 2 aromatic rings. The largest absolute Gasteiger partial charge is 0.508 e. The van der Waals surface area contributed by atoms with Gasteiger partial charge in [0.25, 0.3) is 0 Å². The lowest BCUT2D eigenvalue weighted by atomic mass is 9.80. The van der Waals surface area contributed by atoms with Gasteiger partial charge in [0.2, 0.25) is 0 Å². The van der Waals surface area contributed by atoms with E-state index < -0.39 is 0 Å². The molecular formula is C16H16O. The van der Waals surface area contributed by atoms with E-state index in [1.165, 1.54) is 23.1 Å². The van der Waals surface area contributed by atoms with Crippen molar-refractivity contribution in [1.29, 1.82) is 0 Å². The van der Waals surface area contributed by atoms with Crippen molar-refractivity contribution >= 4 is 0 Å². The Morgan fingerprint density at radius 2 is 1.76 bits per heavy atom. The summed E-state index contributed by atoms with van der Waals surface area (Å²) in [6.07, 6.45) is 3.43. The van der Waals surface area contributed by atoms with Gasteiger partial charge < -0.3 is 5.11 Å². The SMILES string of the molecule is Oc1cccc(C2CCc3ccccc3C2)c1. The molecule has 17 heavy (non-hydrogen) atoms. The van der Waals surface area contributed by atoms with Crippen molar-refractivity contribution in [3.63, 3.8) is 0 Å². The predicted molar refractivity (Wildman–Crippen MR) is 69.3 cm³/mol. The Balaban J connectivity index is 1.89. The van der Waals surface area contributed by atoms with Gasteiger partial charge in [-0.25, -0.2) is 0 Å². The van der Waals surface area contributed by atoms with E-state index in [0.717, 1.165) is 12.8 Å². The van der Waals surface area contributed by atoms with Gasteiger partial charge in [-0.2, -0.15) is 0 Å². The number of hydrogen-bond donors (Lipinski definition) is 1. The molecule has 86 valence electrons. The molecule has 0 saturated carbocycles. The minimum absolute atomic E-state index is 0.376. The van der Waals surface area contributed by atoms with Crippen LogP contribution in [0.25, 0.3) is 0 Å². The van der Waals surface area contributed by atoms with E-state index >= 15 is 0 Å². The third kappa shape index (κ3) is 2.05. The molecule has 1 nitrogen and oxygen atoms in total. The zero-order valence-electron chi connectivity index (χ0n) is 9.76. The Bertz CT molecular complexity index is 531. The maximum absolute atomic E-state index is 9.54. The van der Waals surface area contributed by atoms with Crippen molar-refractivity contribution in [2.75, 3.05) is 0 Å². The highest BCUT2D eigenvalue weighted by Gasteiger charge is 2.19. The van der Waals surface area contributed by atoms with E-state index in [2.05, 4.69) is 30.3 Å². The van der Waals surface area contributed by atoms with E-state index in [1.807, 2.05) is 12.1 Å². The van der Waals surface area contributed by atoms with Gasteiger partial charge in [-0.1, -0.05) is 36.4 Å². The van der Waals surface area contributed by atoms with Crippen LogP contribution in [0.15, 0.2) is 48.5 Å². The highest BCUT2D eigenvalue weighted by Crippen LogP contribution is 2.33. The summed E-state index contributed by atoms with van der Waals surface area (Å²) in [6, 6.07) is 16.4. The van der Waals surface area contributed by atoms with Crippen LogP contribution in [-0.2, 0) is 12.8 Å². The second-order valence-corrected chi connectivity index (χ2v) is 4.80. The normalized spacial score (nSPS) is 18.7. The molecule has 0 heterocycles. The standard InChI is InChI=1S/C16H16O/c17-16-7-3-6-14(11-16)15-9-8-12-4-1-2-5-13(12)10-15/h1-7,11,15,17H,8-10H2. The molecule has 2 aromatic carbocycles. The molecule has 0 bridgehead atoms. The Labute approximate surface area is 102 Å². The quantitative estimate of drug-likeness (QED) is 0.783. The van der Waals surface area contributed by atoms with Crippen molar-refractivity contribution in [3.8, 4) is 5.75 Å². The van der Waals surface area contributed by atoms with Gasteiger partial charge in [0.15, 0.2) is 0 Å². The van der Waals surface area contributed by atoms with E-state index in [1.54, 1.807) is 6.07 Å². The summed E-state index contributed by atoms with van der Waals surface area (Å²) in [6.45, 7) is 0. The van der Waals surface area contributed by atoms with Gasteiger partial charge in [-0.05, 0) is 54.0 Å². The molecule has 3 rings (SSSR count). The molecule has 1 unspecified atom stereocenters. The van der Waals surface area contributed by atoms with Gasteiger partial charge in [-0.3, -0.25) is 0 Å². The number of fused-ring (bicyclic) bond motifs is 1. The first-order valence-corrected chi connectivity index (χ1v) is 6.18. The lowest BCUT2D eigenvalue weighted by Crippen LogP contribution is -2.12. The monoisotopic (exact) mass is 224 g/mol. The molecule has 0 spiro atoms. The number of rotatable bonds is 1. The van der Waals surface area contributed by atoms with Crippen LogP contribution in [0.5, 0.6) is 5.75 Å². The molecular weight excluding hydrogens is 208 g/mol. The summed E-state index contributed by atoms with van der Waals surface area (Å²) in [4.78, 5) is 0. The summed E-state index contributed by atoms with van der Waals surface area (Å²) in [5.41, 5.74) is 4.22. The smallest absolute Gasteiger partial charge is 0.115 e. The van der Waals surface area contributed by atoms with Crippen LogP contribution in [0.2, 0.25) is 0 Å². The van der Waals surface area contributed by atoms with Crippen molar-refractivity contribution < 1.29 is 5.11 Å².